The number of methoxy groups -OCH3 is 1. The lowest BCUT2D eigenvalue weighted by Crippen LogP contribution is -2.13. The zero-order chi connectivity index (χ0) is 12.5. The second-order valence-corrected chi connectivity index (χ2v) is 3.95. The van der Waals surface area contributed by atoms with Crippen LogP contribution in [-0.2, 0) is 0 Å². The quantitative estimate of drug-likeness (QED) is 0.559. The van der Waals surface area contributed by atoms with Crippen molar-refractivity contribution in [2.75, 3.05) is 34.3 Å². The highest BCUT2D eigenvalue weighted by Crippen LogP contribution is 2.16. The Hall–Kier alpha value is -1.64. The van der Waals surface area contributed by atoms with Crippen LogP contribution in [0, 0.1) is 0 Å². The van der Waals surface area contributed by atoms with Gasteiger partial charge >= 0.3 is 0 Å². The molecule has 0 saturated carbocycles. The summed E-state index contributed by atoms with van der Waals surface area (Å²) in [4.78, 5) is 10.4. The lowest BCUT2D eigenvalue weighted by molar-refractivity contribution is 0.403. The molecular formula is C13H19N3O. The number of benzene rings is 1. The fourth-order valence-electron chi connectivity index (χ4n) is 1.27. The Morgan fingerprint density at radius 3 is 2.53 bits per heavy atom. The minimum absolute atomic E-state index is 0.762. The Morgan fingerprint density at radius 1 is 1.24 bits per heavy atom. The molecule has 0 aromatic heterocycles. The summed E-state index contributed by atoms with van der Waals surface area (Å²) < 4.78 is 5.06. The highest BCUT2D eigenvalue weighted by atomic mass is 16.5. The van der Waals surface area contributed by atoms with Crippen molar-refractivity contribution in [1.29, 1.82) is 0 Å². The van der Waals surface area contributed by atoms with Gasteiger partial charge in [0.2, 0.25) is 0 Å². The van der Waals surface area contributed by atoms with Gasteiger partial charge in [-0.25, -0.2) is 4.99 Å². The highest BCUT2D eigenvalue weighted by molar-refractivity contribution is 5.53. The monoisotopic (exact) mass is 233 g/mol. The smallest absolute Gasteiger partial charge is 0.119 e. The van der Waals surface area contributed by atoms with Crippen LogP contribution in [-0.4, -0.2) is 45.2 Å². The zero-order valence-corrected chi connectivity index (χ0v) is 10.7. The van der Waals surface area contributed by atoms with E-state index in [1.165, 1.54) is 0 Å². The van der Waals surface area contributed by atoms with Gasteiger partial charge in [-0.05, 0) is 51.3 Å². The lowest BCUT2D eigenvalue weighted by atomic mass is 10.3. The van der Waals surface area contributed by atoms with E-state index in [2.05, 4.69) is 35.0 Å². The van der Waals surface area contributed by atoms with E-state index in [0.29, 0.717) is 0 Å². The average Bonchev–Trinajstić information content (AvgIpc) is 2.34. The molecule has 0 bridgehead atoms. The van der Waals surface area contributed by atoms with Crippen LogP contribution < -0.4 is 4.74 Å². The summed E-state index contributed by atoms with van der Waals surface area (Å²) in [6.45, 7) is 1.80. The van der Waals surface area contributed by atoms with Crippen LogP contribution >= 0.6 is 0 Å². The summed E-state index contributed by atoms with van der Waals surface area (Å²) in [5, 5.41) is 0. The van der Waals surface area contributed by atoms with Gasteiger partial charge in [0, 0.05) is 0 Å². The summed E-state index contributed by atoms with van der Waals surface area (Å²) in [5.41, 5.74) is 0.835. The second-order valence-electron chi connectivity index (χ2n) is 3.95. The molecule has 0 aliphatic heterocycles. The molecule has 4 heteroatoms. The molecule has 0 aliphatic carbocycles. The topological polar surface area (TPSA) is 37.2 Å². The average molecular weight is 233 g/mol. The first-order chi connectivity index (χ1) is 8.22. The van der Waals surface area contributed by atoms with Gasteiger partial charge in [0.05, 0.1) is 25.4 Å². The minimum Gasteiger partial charge on any atom is -0.497 e. The Balaban J connectivity index is 2.38. The predicted octanol–water partition coefficient (Wildman–Crippen LogP) is 2.45. The van der Waals surface area contributed by atoms with Crippen molar-refractivity contribution >= 4 is 11.7 Å². The van der Waals surface area contributed by atoms with Gasteiger partial charge in [0.25, 0.3) is 0 Å². The number of rotatable bonds is 6. The van der Waals surface area contributed by atoms with E-state index in [0.717, 1.165) is 30.9 Å². The number of ether oxygens (including phenoxy) is 1. The van der Waals surface area contributed by atoms with Gasteiger partial charge < -0.3 is 9.64 Å². The highest BCUT2D eigenvalue weighted by Gasteiger charge is 1.90. The van der Waals surface area contributed by atoms with Crippen LogP contribution in [0.1, 0.15) is 6.42 Å². The van der Waals surface area contributed by atoms with Crippen LogP contribution in [0.2, 0.25) is 0 Å². The molecule has 1 rings (SSSR count). The Kier molecular flexibility index (Phi) is 6.00. The van der Waals surface area contributed by atoms with Crippen molar-refractivity contribution < 1.29 is 4.74 Å². The van der Waals surface area contributed by atoms with Crippen LogP contribution in [0.5, 0.6) is 5.75 Å². The van der Waals surface area contributed by atoms with E-state index < -0.39 is 0 Å². The van der Waals surface area contributed by atoms with Gasteiger partial charge in [0.15, 0.2) is 0 Å². The molecule has 0 radical (unpaired) electrons. The summed E-state index contributed by atoms with van der Waals surface area (Å²) in [6, 6.07) is 10.2. The molecule has 0 heterocycles. The van der Waals surface area contributed by atoms with Gasteiger partial charge in [0.1, 0.15) is 5.75 Å². The molecule has 0 saturated heterocycles. The predicted molar refractivity (Wildman–Crippen MR) is 70.6 cm³/mol. The standard InChI is InChI=1S/C13H19N3O/c1-16(2)10-4-9-14-11-15-12-5-7-13(17-3)8-6-12/h5-8H,4,9-10H2,1-3H3. The van der Waals surface area contributed by atoms with Gasteiger partial charge in [-0.1, -0.05) is 0 Å². The second kappa shape index (κ2) is 7.60. The van der Waals surface area contributed by atoms with Crippen LogP contribution in [0.4, 0.5) is 5.69 Å². The first-order valence-electron chi connectivity index (χ1n) is 5.63. The maximum atomic E-state index is 5.06. The molecule has 0 N–H and O–H groups in total. The number of nitrogens with zero attached hydrogens (tertiary/aromatic N) is 3. The van der Waals surface area contributed by atoms with Crippen molar-refractivity contribution in [1.82, 2.24) is 4.90 Å². The maximum Gasteiger partial charge on any atom is 0.119 e. The molecule has 0 amide bonds. The molecule has 0 atom stereocenters. The van der Waals surface area contributed by atoms with E-state index >= 15 is 0 Å². The summed E-state index contributed by atoms with van der Waals surface area (Å²) in [6.07, 6.45) is 1.03. The molecule has 17 heavy (non-hydrogen) atoms. The van der Waals surface area contributed by atoms with Crippen LogP contribution in [0.3, 0.4) is 0 Å². The van der Waals surface area contributed by atoms with Crippen LogP contribution in [0.25, 0.3) is 0 Å². The zero-order valence-electron chi connectivity index (χ0n) is 10.7. The van der Waals surface area contributed by atoms with Crippen LogP contribution in [0.15, 0.2) is 34.3 Å². The largest absolute Gasteiger partial charge is 0.497 e. The number of aliphatic imine (C=N–C) groups is 2. The first-order valence-corrected chi connectivity index (χ1v) is 5.63. The van der Waals surface area contributed by atoms with Crippen molar-refractivity contribution in [2.45, 2.75) is 6.42 Å². The van der Waals surface area contributed by atoms with Gasteiger partial charge in [-0.15, -0.1) is 0 Å². The summed E-state index contributed by atoms with van der Waals surface area (Å²) in [5.74, 6) is 0.826. The molecule has 4 nitrogen and oxygen atoms in total. The van der Waals surface area contributed by atoms with E-state index in [1.807, 2.05) is 24.3 Å². The van der Waals surface area contributed by atoms with Gasteiger partial charge in [-0.2, -0.15) is 4.99 Å². The Bertz CT molecular complexity index is 378. The maximum absolute atomic E-state index is 5.06. The molecular weight excluding hydrogens is 214 g/mol. The van der Waals surface area contributed by atoms with Crippen molar-refractivity contribution in [3.8, 4) is 5.75 Å². The third kappa shape index (κ3) is 5.85. The lowest BCUT2D eigenvalue weighted by Gasteiger charge is -2.05. The third-order valence-corrected chi connectivity index (χ3v) is 2.20. The molecule has 1 aromatic rings. The fourth-order valence-corrected chi connectivity index (χ4v) is 1.27. The van der Waals surface area contributed by atoms with E-state index in [1.54, 1.807) is 7.11 Å². The Morgan fingerprint density at radius 2 is 1.94 bits per heavy atom. The first kappa shape index (κ1) is 13.4. The van der Waals surface area contributed by atoms with Crippen molar-refractivity contribution in [3.05, 3.63) is 24.3 Å². The minimum atomic E-state index is 0.762. The third-order valence-electron chi connectivity index (χ3n) is 2.20. The van der Waals surface area contributed by atoms with Crippen molar-refractivity contribution in [3.63, 3.8) is 0 Å². The fraction of sp³-hybridized carbons (Fsp3) is 0.462. The van der Waals surface area contributed by atoms with E-state index in [-0.39, 0.29) is 0 Å². The van der Waals surface area contributed by atoms with E-state index in [4.69, 9.17) is 4.74 Å². The number of hydrogen-bond donors (Lipinski definition) is 0. The normalized spacial score (nSPS) is 9.88. The molecule has 0 aliphatic rings. The molecule has 1 aromatic carbocycles. The summed E-state index contributed by atoms with van der Waals surface area (Å²) >= 11 is 0. The molecule has 92 valence electrons. The van der Waals surface area contributed by atoms with E-state index in [9.17, 15) is 0 Å². The SMILES string of the molecule is COc1ccc(N=C=NCCCN(C)C)cc1. The van der Waals surface area contributed by atoms with Crippen molar-refractivity contribution in [2.24, 2.45) is 9.98 Å². The molecule has 0 unspecified atom stereocenters. The Labute approximate surface area is 103 Å². The molecule has 0 spiro atoms. The van der Waals surface area contributed by atoms with Gasteiger partial charge in [-0.3, -0.25) is 0 Å². The number of hydrogen-bond acceptors (Lipinski definition) is 4. The molecule has 0 fully saturated rings. The summed E-state index contributed by atoms with van der Waals surface area (Å²) in [7, 11) is 5.74.